The number of carbonyl (C=O) groups excluding carboxylic acids is 1. The van der Waals surface area contributed by atoms with Crippen molar-refractivity contribution in [2.45, 2.75) is 31.8 Å². The second-order valence-corrected chi connectivity index (χ2v) is 6.91. The second kappa shape index (κ2) is 5.50. The summed E-state index contributed by atoms with van der Waals surface area (Å²) in [5, 5.41) is 9.43. The maximum atomic E-state index is 12.3. The van der Waals surface area contributed by atoms with Crippen LogP contribution in [0.15, 0.2) is 15.9 Å². The number of aliphatic hydroxyl groups excluding tert-OH is 1. The first-order chi connectivity index (χ1) is 8.08. The molecule has 94 valence electrons. The number of hydrogen-bond acceptors (Lipinski definition) is 3. The van der Waals surface area contributed by atoms with Crippen LogP contribution in [0.5, 0.6) is 0 Å². The normalized spacial score (nSPS) is 19.4. The molecule has 1 aliphatic heterocycles. The molecule has 2 rings (SSSR count). The number of amides is 1. The van der Waals surface area contributed by atoms with E-state index in [1.54, 1.807) is 11.3 Å². The highest BCUT2D eigenvalue weighted by Gasteiger charge is 2.26. The molecular weight excluding hydrogens is 302 g/mol. The van der Waals surface area contributed by atoms with Crippen molar-refractivity contribution in [2.75, 3.05) is 13.1 Å². The topological polar surface area (TPSA) is 40.5 Å². The van der Waals surface area contributed by atoms with Gasteiger partial charge in [0.05, 0.1) is 15.8 Å². The van der Waals surface area contributed by atoms with E-state index < -0.39 is 0 Å². The van der Waals surface area contributed by atoms with Gasteiger partial charge in [-0.3, -0.25) is 4.79 Å². The van der Waals surface area contributed by atoms with Crippen molar-refractivity contribution in [1.82, 2.24) is 4.90 Å². The molecule has 2 heterocycles. The van der Waals surface area contributed by atoms with Crippen molar-refractivity contribution in [3.8, 4) is 0 Å². The molecule has 0 saturated carbocycles. The Morgan fingerprint density at radius 2 is 2.18 bits per heavy atom. The first kappa shape index (κ1) is 13.1. The number of hydrogen-bond donors (Lipinski definition) is 1. The summed E-state index contributed by atoms with van der Waals surface area (Å²) < 4.78 is 1.06. The molecule has 0 bridgehead atoms. The number of thiophene rings is 1. The van der Waals surface area contributed by atoms with Crippen molar-refractivity contribution < 1.29 is 9.90 Å². The van der Waals surface area contributed by atoms with Crippen LogP contribution in [0, 0.1) is 0 Å². The number of likely N-dealkylation sites (tertiary alicyclic amines) is 1. The number of piperidine rings is 1. The highest BCUT2D eigenvalue weighted by Crippen LogP contribution is 2.30. The average molecular weight is 318 g/mol. The Labute approximate surface area is 114 Å². The van der Waals surface area contributed by atoms with Gasteiger partial charge in [0.2, 0.25) is 5.91 Å². The van der Waals surface area contributed by atoms with Crippen molar-refractivity contribution >= 4 is 33.2 Å². The SMILES string of the molecule is CC(C(=O)N1CCC(O)CC1)c1ccc(Br)s1. The first-order valence-corrected chi connectivity index (χ1v) is 7.41. The zero-order valence-electron chi connectivity index (χ0n) is 9.73. The Balaban J connectivity index is 2.00. The molecule has 0 aliphatic carbocycles. The Morgan fingerprint density at radius 3 is 2.71 bits per heavy atom. The molecule has 1 atom stereocenters. The Bertz CT molecular complexity index is 399. The van der Waals surface area contributed by atoms with Gasteiger partial charge in [0.25, 0.3) is 0 Å². The summed E-state index contributed by atoms with van der Waals surface area (Å²) in [5.74, 6) is 0.0905. The monoisotopic (exact) mass is 317 g/mol. The number of nitrogens with zero attached hydrogens (tertiary/aromatic N) is 1. The lowest BCUT2D eigenvalue weighted by molar-refractivity contribution is -0.134. The average Bonchev–Trinajstić information content (AvgIpc) is 2.75. The number of rotatable bonds is 2. The van der Waals surface area contributed by atoms with Crippen LogP contribution in [0.4, 0.5) is 0 Å². The predicted molar refractivity (Wildman–Crippen MR) is 72.3 cm³/mol. The molecule has 1 N–H and O–H groups in total. The van der Waals surface area contributed by atoms with Crippen LogP contribution in [0.2, 0.25) is 0 Å². The summed E-state index contributed by atoms with van der Waals surface area (Å²) in [4.78, 5) is 15.2. The van der Waals surface area contributed by atoms with Crippen LogP contribution in [0.1, 0.15) is 30.6 Å². The minimum absolute atomic E-state index is 0.0819. The summed E-state index contributed by atoms with van der Waals surface area (Å²) in [5.41, 5.74) is 0. The molecule has 1 saturated heterocycles. The lowest BCUT2D eigenvalue weighted by Gasteiger charge is -2.31. The van der Waals surface area contributed by atoms with E-state index in [2.05, 4.69) is 15.9 Å². The van der Waals surface area contributed by atoms with Crippen LogP contribution in [0.3, 0.4) is 0 Å². The van der Waals surface area contributed by atoms with E-state index in [4.69, 9.17) is 0 Å². The molecule has 1 aromatic rings. The van der Waals surface area contributed by atoms with Crippen molar-refractivity contribution in [3.63, 3.8) is 0 Å². The standard InChI is InChI=1S/C12H16BrNO2S/c1-8(10-2-3-11(13)17-10)12(16)14-6-4-9(15)5-7-14/h2-3,8-9,15H,4-7H2,1H3. The summed E-state index contributed by atoms with van der Waals surface area (Å²) in [6.45, 7) is 3.30. The van der Waals surface area contributed by atoms with E-state index in [0.717, 1.165) is 8.66 Å². The van der Waals surface area contributed by atoms with Crippen LogP contribution in [-0.4, -0.2) is 35.1 Å². The molecule has 0 radical (unpaired) electrons. The van der Waals surface area contributed by atoms with E-state index >= 15 is 0 Å². The van der Waals surface area contributed by atoms with Crippen LogP contribution in [0.25, 0.3) is 0 Å². The summed E-state index contributed by atoms with van der Waals surface area (Å²) in [6, 6.07) is 3.97. The van der Waals surface area contributed by atoms with Gasteiger partial charge in [-0.1, -0.05) is 0 Å². The number of halogens is 1. The third-order valence-corrected chi connectivity index (χ3v) is 4.97. The van der Waals surface area contributed by atoms with E-state index in [-0.39, 0.29) is 17.9 Å². The van der Waals surface area contributed by atoms with Gasteiger partial charge in [-0.05, 0) is 47.8 Å². The molecule has 17 heavy (non-hydrogen) atoms. The Morgan fingerprint density at radius 1 is 1.53 bits per heavy atom. The highest BCUT2D eigenvalue weighted by molar-refractivity contribution is 9.11. The number of carbonyl (C=O) groups is 1. The van der Waals surface area contributed by atoms with Gasteiger partial charge in [0.15, 0.2) is 0 Å². The van der Waals surface area contributed by atoms with Gasteiger partial charge >= 0.3 is 0 Å². The van der Waals surface area contributed by atoms with E-state index in [9.17, 15) is 9.90 Å². The Kier molecular flexibility index (Phi) is 4.22. The smallest absolute Gasteiger partial charge is 0.230 e. The fourth-order valence-corrected chi connectivity index (χ4v) is 3.51. The molecule has 0 aromatic carbocycles. The zero-order valence-corrected chi connectivity index (χ0v) is 12.1. The minimum atomic E-state index is -0.231. The lowest BCUT2D eigenvalue weighted by atomic mass is 10.0. The largest absolute Gasteiger partial charge is 0.393 e. The third kappa shape index (κ3) is 3.09. The Hall–Kier alpha value is -0.390. The van der Waals surface area contributed by atoms with E-state index in [1.165, 1.54) is 0 Å². The fraction of sp³-hybridized carbons (Fsp3) is 0.583. The van der Waals surface area contributed by atoms with Crippen LogP contribution >= 0.6 is 27.3 Å². The molecule has 1 amide bonds. The van der Waals surface area contributed by atoms with Gasteiger partial charge in [0.1, 0.15) is 0 Å². The van der Waals surface area contributed by atoms with Gasteiger partial charge in [-0.15, -0.1) is 11.3 Å². The van der Waals surface area contributed by atoms with Crippen molar-refractivity contribution in [3.05, 3.63) is 20.8 Å². The van der Waals surface area contributed by atoms with Gasteiger partial charge < -0.3 is 10.0 Å². The van der Waals surface area contributed by atoms with Gasteiger partial charge in [0, 0.05) is 18.0 Å². The van der Waals surface area contributed by atoms with Crippen LogP contribution in [-0.2, 0) is 4.79 Å². The highest BCUT2D eigenvalue weighted by atomic mass is 79.9. The maximum Gasteiger partial charge on any atom is 0.230 e. The van der Waals surface area contributed by atoms with Gasteiger partial charge in [-0.2, -0.15) is 0 Å². The molecule has 1 fully saturated rings. The minimum Gasteiger partial charge on any atom is -0.393 e. The molecule has 1 aliphatic rings. The van der Waals surface area contributed by atoms with E-state index in [1.807, 2.05) is 24.0 Å². The molecule has 3 nitrogen and oxygen atoms in total. The van der Waals surface area contributed by atoms with Crippen LogP contribution < -0.4 is 0 Å². The summed E-state index contributed by atoms with van der Waals surface area (Å²) in [6.07, 6.45) is 1.17. The predicted octanol–water partition coefficient (Wildman–Crippen LogP) is 2.60. The summed E-state index contributed by atoms with van der Waals surface area (Å²) in [7, 11) is 0. The zero-order chi connectivity index (χ0) is 12.4. The van der Waals surface area contributed by atoms with E-state index in [0.29, 0.717) is 25.9 Å². The lowest BCUT2D eigenvalue weighted by Crippen LogP contribution is -2.41. The molecular formula is C12H16BrNO2S. The summed E-state index contributed by atoms with van der Waals surface area (Å²) >= 11 is 5.02. The first-order valence-electron chi connectivity index (χ1n) is 5.80. The quantitative estimate of drug-likeness (QED) is 0.910. The van der Waals surface area contributed by atoms with Crippen molar-refractivity contribution in [2.24, 2.45) is 0 Å². The molecule has 0 spiro atoms. The third-order valence-electron chi connectivity index (χ3n) is 3.17. The molecule has 1 unspecified atom stereocenters. The number of aliphatic hydroxyl groups is 1. The molecule has 5 heteroatoms. The maximum absolute atomic E-state index is 12.3. The second-order valence-electron chi connectivity index (χ2n) is 4.42. The van der Waals surface area contributed by atoms with Gasteiger partial charge in [-0.25, -0.2) is 0 Å². The van der Waals surface area contributed by atoms with Crippen molar-refractivity contribution in [1.29, 1.82) is 0 Å². The molecule has 1 aromatic heterocycles. The fourth-order valence-electron chi connectivity index (χ4n) is 2.04.